The number of amides is 1. The molecule has 0 aliphatic carbocycles. The zero-order valence-electron chi connectivity index (χ0n) is 15.7. The fraction of sp³-hybridized carbons (Fsp3) is 0.190. The van der Waals surface area contributed by atoms with Crippen LogP contribution in [-0.4, -0.2) is 41.2 Å². The Balaban J connectivity index is 1.78. The van der Waals surface area contributed by atoms with E-state index in [9.17, 15) is 14.0 Å². The first kappa shape index (κ1) is 19.4. The zero-order valence-corrected chi connectivity index (χ0v) is 15.7. The summed E-state index contributed by atoms with van der Waals surface area (Å²) < 4.78 is 14.7. The maximum Gasteiger partial charge on any atom is 0.271 e. The van der Waals surface area contributed by atoms with Gasteiger partial charge >= 0.3 is 0 Å². The van der Waals surface area contributed by atoms with E-state index in [1.165, 1.54) is 28.9 Å². The number of nitrogens with zero attached hydrogens (tertiary/aromatic N) is 3. The fourth-order valence-electron chi connectivity index (χ4n) is 2.88. The number of nitrogens with one attached hydrogen (secondary N) is 1. The molecule has 0 saturated carbocycles. The minimum atomic E-state index is -0.409. The summed E-state index contributed by atoms with van der Waals surface area (Å²) >= 11 is 0. The number of hydrogen-bond donors (Lipinski definition) is 1. The van der Waals surface area contributed by atoms with E-state index in [4.69, 9.17) is 0 Å². The number of carbonyl (C=O) groups excluding carboxylic acids is 1. The average molecular weight is 380 g/mol. The smallest absolute Gasteiger partial charge is 0.271 e. The van der Waals surface area contributed by atoms with Gasteiger partial charge in [-0.15, -0.1) is 0 Å². The highest BCUT2D eigenvalue weighted by molar-refractivity contribution is 5.92. The molecule has 28 heavy (non-hydrogen) atoms. The van der Waals surface area contributed by atoms with Crippen molar-refractivity contribution >= 4 is 5.91 Å². The van der Waals surface area contributed by atoms with Crippen molar-refractivity contribution in [3.63, 3.8) is 0 Å². The summed E-state index contributed by atoms with van der Waals surface area (Å²) in [6.07, 6.45) is 0. The van der Waals surface area contributed by atoms with Crippen molar-refractivity contribution < 1.29 is 9.18 Å². The second-order valence-corrected chi connectivity index (χ2v) is 6.55. The summed E-state index contributed by atoms with van der Waals surface area (Å²) in [6.45, 7) is 0.265. The van der Waals surface area contributed by atoms with E-state index < -0.39 is 5.91 Å². The Bertz CT molecular complexity index is 1020. The molecule has 1 heterocycles. The van der Waals surface area contributed by atoms with Crippen molar-refractivity contribution in [3.8, 4) is 5.69 Å². The monoisotopic (exact) mass is 380 g/mol. The second-order valence-electron chi connectivity index (χ2n) is 6.55. The van der Waals surface area contributed by atoms with Gasteiger partial charge in [-0.3, -0.25) is 9.59 Å². The van der Waals surface area contributed by atoms with Crippen LogP contribution in [0.3, 0.4) is 0 Å². The van der Waals surface area contributed by atoms with Crippen LogP contribution in [0, 0.1) is 5.82 Å². The number of likely N-dealkylation sites (N-methyl/N-ethyl adjacent to an activating group) is 1. The summed E-state index contributed by atoms with van der Waals surface area (Å²) in [5.41, 5.74) is 1.13. The first-order chi connectivity index (χ1) is 13.5. The van der Waals surface area contributed by atoms with Crippen LogP contribution in [0.15, 0.2) is 71.5 Å². The van der Waals surface area contributed by atoms with Gasteiger partial charge in [-0.05, 0) is 50.0 Å². The van der Waals surface area contributed by atoms with E-state index in [0.717, 1.165) is 5.56 Å². The molecule has 7 heteroatoms. The lowest BCUT2D eigenvalue weighted by molar-refractivity contribution is 0.0935. The largest absolute Gasteiger partial charge is 0.349 e. The van der Waals surface area contributed by atoms with Gasteiger partial charge in [0.25, 0.3) is 11.5 Å². The lowest BCUT2D eigenvalue weighted by Crippen LogP contribution is -2.36. The van der Waals surface area contributed by atoms with Crippen molar-refractivity contribution in [2.24, 2.45) is 0 Å². The molecule has 1 atom stereocenters. The van der Waals surface area contributed by atoms with Gasteiger partial charge < -0.3 is 10.2 Å². The number of benzene rings is 2. The molecule has 0 aliphatic rings. The summed E-state index contributed by atoms with van der Waals surface area (Å²) in [7, 11) is 3.71. The predicted octanol–water partition coefficient (Wildman–Crippen LogP) is 2.40. The van der Waals surface area contributed by atoms with E-state index in [2.05, 4.69) is 10.4 Å². The van der Waals surface area contributed by atoms with Crippen LogP contribution < -0.4 is 10.9 Å². The van der Waals surface area contributed by atoms with Gasteiger partial charge in [-0.1, -0.05) is 30.3 Å². The summed E-state index contributed by atoms with van der Waals surface area (Å²) in [5.74, 6) is -0.736. The van der Waals surface area contributed by atoms with Gasteiger partial charge in [0.15, 0.2) is 0 Å². The molecule has 0 bridgehead atoms. The van der Waals surface area contributed by atoms with Gasteiger partial charge in [0.05, 0.1) is 11.7 Å². The van der Waals surface area contributed by atoms with Crippen LogP contribution >= 0.6 is 0 Å². The highest BCUT2D eigenvalue weighted by Crippen LogP contribution is 2.18. The van der Waals surface area contributed by atoms with E-state index in [1.807, 2.05) is 31.1 Å². The standard InChI is InChI=1S/C21H21FN4O2/c1-25(2)19(15-7-6-8-16(22)13-15)14-23-21(28)18-11-12-20(27)26(24-18)17-9-4-3-5-10-17/h3-13,19H,14H2,1-2H3,(H,23,28). The quantitative estimate of drug-likeness (QED) is 0.713. The minimum Gasteiger partial charge on any atom is -0.349 e. The average Bonchev–Trinajstić information content (AvgIpc) is 2.69. The summed E-state index contributed by atoms with van der Waals surface area (Å²) in [4.78, 5) is 26.6. The molecule has 144 valence electrons. The molecule has 2 aromatic carbocycles. The minimum absolute atomic E-state index is 0.125. The van der Waals surface area contributed by atoms with Crippen LogP contribution in [0.25, 0.3) is 5.69 Å². The van der Waals surface area contributed by atoms with E-state index in [1.54, 1.807) is 30.3 Å². The van der Waals surface area contributed by atoms with Crippen LogP contribution in [0.2, 0.25) is 0 Å². The van der Waals surface area contributed by atoms with Gasteiger partial charge in [0.1, 0.15) is 11.5 Å². The Morgan fingerprint density at radius 1 is 1.11 bits per heavy atom. The Morgan fingerprint density at radius 3 is 2.54 bits per heavy atom. The molecule has 3 rings (SSSR count). The predicted molar refractivity (Wildman–Crippen MR) is 105 cm³/mol. The fourth-order valence-corrected chi connectivity index (χ4v) is 2.88. The first-order valence-electron chi connectivity index (χ1n) is 8.81. The Labute approximate surface area is 162 Å². The van der Waals surface area contributed by atoms with Crippen molar-refractivity contribution in [1.82, 2.24) is 20.0 Å². The van der Waals surface area contributed by atoms with Gasteiger partial charge in [-0.25, -0.2) is 4.39 Å². The number of para-hydroxylation sites is 1. The summed E-state index contributed by atoms with van der Waals surface area (Å²) in [6, 6.07) is 17.7. The van der Waals surface area contributed by atoms with E-state index >= 15 is 0 Å². The lowest BCUT2D eigenvalue weighted by Gasteiger charge is -2.25. The molecule has 3 aromatic rings. The Morgan fingerprint density at radius 2 is 1.86 bits per heavy atom. The van der Waals surface area contributed by atoms with Crippen LogP contribution in [0.5, 0.6) is 0 Å². The molecule has 0 aliphatic heterocycles. The number of rotatable bonds is 6. The van der Waals surface area contributed by atoms with Gasteiger partial charge in [0.2, 0.25) is 0 Å². The molecule has 0 fully saturated rings. The maximum absolute atomic E-state index is 13.5. The Kier molecular flexibility index (Phi) is 5.96. The number of carbonyl (C=O) groups is 1. The third-order valence-corrected chi connectivity index (χ3v) is 4.35. The Hall–Kier alpha value is -3.32. The normalized spacial score (nSPS) is 12.0. The number of halogens is 1. The molecular formula is C21H21FN4O2. The van der Waals surface area contributed by atoms with Crippen molar-refractivity contribution in [2.75, 3.05) is 20.6 Å². The number of hydrogen-bond acceptors (Lipinski definition) is 4. The second kappa shape index (κ2) is 8.58. The van der Waals surface area contributed by atoms with Crippen LogP contribution in [0.1, 0.15) is 22.1 Å². The third kappa shape index (κ3) is 4.50. The molecule has 6 nitrogen and oxygen atoms in total. The molecule has 1 unspecified atom stereocenters. The van der Waals surface area contributed by atoms with Crippen molar-refractivity contribution in [1.29, 1.82) is 0 Å². The van der Waals surface area contributed by atoms with E-state index in [0.29, 0.717) is 5.69 Å². The molecule has 1 aromatic heterocycles. The topological polar surface area (TPSA) is 67.2 Å². The zero-order chi connectivity index (χ0) is 20.1. The molecule has 1 amide bonds. The third-order valence-electron chi connectivity index (χ3n) is 4.35. The van der Waals surface area contributed by atoms with Crippen LogP contribution in [-0.2, 0) is 0 Å². The van der Waals surface area contributed by atoms with Crippen LogP contribution in [0.4, 0.5) is 4.39 Å². The first-order valence-corrected chi connectivity index (χ1v) is 8.81. The molecule has 1 N–H and O–H groups in total. The van der Waals surface area contributed by atoms with Crippen molar-refractivity contribution in [2.45, 2.75) is 6.04 Å². The van der Waals surface area contributed by atoms with E-state index in [-0.39, 0.29) is 29.7 Å². The highest BCUT2D eigenvalue weighted by atomic mass is 19.1. The lowest BCUT2D eigenvalue weighted by atomic mass is 10.1. The van der Waals surface area contributed by atoms with Gasteiger partial charge in [0, 0.05) is 12.6 Å². The molecular weight excluding hydrogens is 359 g/mol. The molecule has 0 saturated heterocycles. The highest BCUT2D eigenvalue weighted by Gasteiger charge is 2.17. The number of aromatic nitrogens is 2. The SMILES string of the molecule is CN(C)C(CNC(=O)c1ccc(=O)n(-c2ccccc2)n1)c1cccc(F)c1. The van der Waals surface area contributed by atoms with Crippen molar-refractivity contribution in [3.05, 3.63) is 94.2 Å². The summed E-state index contributed by atoms with van der Waals surface area (Å²) in [5, 5.41) is 6.99. The van der Waals surface area contributed by atoms with Gasteiger partial charge in [-0.2, -0.15) is 9.78 Å². The molecule has 0 spiro atoms. The maximum atomic E-state index is 13.5. The molecule has 0 radical (unpaired) electrons.